The summed E-state index contributed by atoms with van der Waals surface area (Å²) in [4.78, 5) is 2.86. The van der Waals surface area contributed by atoms with Crippen molar-refractivity contribution in [2.75, 3.05) is 11.9 Å². The Morgan fingerprint density at radius 1 is 1.26 bits per heavy atom. The summed E-state index contributed by atoms with van der Waals surface area (Å²) in [5.74, 6) is 0. The number of hydrogen-bond acceptors (Lipinski definition) is 3. The first kappa shape index (κ1) is 12.7. The van der Waals surface area contributed by atoms with Gasteiger partial charge >= 0.3 is 0 Å². The number of anilines is 1. The van der Waals surface area contributed by atoms with Crippen molar-refractivity contribution in [2.24, 2.45) is 0 Å². The molecule has 0 aliphatic carbocycles. The maximum absolute atomic E-state index is 3.56. The zero-order chi connectivity index (χ0) is 13.2. The number of fused-ring (bicyclic) bond motifs is 1. The van der Waals surface area contributed by atoms with E-state index in [1.165, 1.54) is 32.1 Å². The van der Waals surface area contributed by atoms with Crippen LogP contribution in [0.15, 0.2) is 24.3 Å². The molecule has 0 bridgehead atoms. The fraction of sp³-hybridized carbons (Fsp3) is 0.375. The SMILES string of the molecule is Cc1cc(CNCc2cccc3c2NCC3)sc1C. The monoisotopic (exact) mass is 272 g/mol. The van der Waals surface area contributed by atoms with Crippen molar-refractivity contribution in [2.45, 2.75) is 33.4 Å². The van der Waals surface area contributed by atoms with Crippen molar-refractivity contribution in [3.63, 3.8) is 0 Å². The molecule has 0 saturated carbocycles. The third-order valence-corrected chi connectivity index (χ3v) is 4.92. The van der Waals surface area contributed by atoms with Gasteiger partial charge in [0.15, 0.2) is 0 Å². The Hall–Kier alpha value is -1.32. The van der Waals surface area contributed by atoms with Gasteiger partial charge in [-0.15, -0.1) is 11.3 Å². The van der Waals surface area contributed by atoms with E-state index in [1.807, 2.05) is 11.3 Å². The Morgan fingerprint density at radius 3 is 2.95 bits per heavy atom. The van der Waals surface area contributed by atoms with E-state index in [0.29, 0.717) is 0 Å². The van der Waals surface area contributed by atoms with Crippen LogP contribution in [-0.2, 0) is 19.5 Å². The number of benzene rings is 1. The van der Waals surface area contributed by atoms with E-state index in [4.69, 9.17) is 0 Å². The molecule has 1 aliphatic heterocycles. The van der Waals surface area contributed by atoms with Crippen LogP contribution in [0.25, 0.3) is 0 Å². The van der Waals surface area contributed by atoms with Crippen LogP contribution in [0.4, 0.5) is 5.69 Å². The zero-order valence-electron chi connectivity index (χ0n) is 11.5. The van der Waals surface area contributed by atoms with Gasteiger partial charge in [-0.3, -0.25) is 0 Å². The standard InChI is InChI=1S/C16H20N2S/c1-11-8-15(19-12(11)2)10-17-9-14-5-3-4-13-6-7-18-16(13)14/h3-5,8,17-18H,6-7,9-10H2,1-2H3. The highest BCUT2D eigenvalue weighted by atomic mass is 32.1. The van der Waals surface area contributed by atoms with Crippen LogP contribution in [0, 0.1) is 13.8 Å². The molecular weight excluding hydrogens is 252 g/mol. The maximum atomic E-state index is 3.56. The molecule has 3 rings (SSSR count). The first-order valence-corrected chi connectivity index (χ1v) is 7.67. The third-order valence-electron chi connectivity index (χ3n) is 3.76. The second-order valence-electron chi connectivity index (χ2n) is 5.18. The van der Waals surface area contributed by atoms with Crippen LogP contribution in [0.3, 0.4) is 0 Å². The largest absolute Gasteiger partial charge is 0.384 e. The number of hydrogen-bond donors (Lipinski definition) is 2. The van der Waals surface area contributed by atoms with Crippen LogP contribution in [0.1, 0.15) is 26.4 Å². The van der Waals surface area contributed by atoms with Crippen molar-refractivity contribution in [1.82, 2.24) is 5.32 Å². The van der Waals surface area contributed by atoms with Crippen LogP contribution in [0.5, 0.6) is 0 Å². The Kier molecular flexibility index (Phi) is 3.58. The minimum absolute atomic E-state index is 0.937. The Bertz CT molecular complexity index is 567. The predicted molar refractivity (Wildman–Crippen MR) is 83.0 cm³/mol. The highest BCUT2D eigenvalue weighted by Gasteiger charge is 2.13. The van der Waals surface area contributed by atoms with E-state index in [-0.39, 0.29) is 0 Å². The van der Waals surface area contributed by atoms with E-state index >= 15 is 0 Å². The first-order valence-electron chi connectivity index (χ1n) is 6.85. The number of aryl methyl sites for hydroxylation is 2. The molecule has 100 valence electrons. The molecule has 0 fully saturated rings. The molecule has 3 heteroatoms. The smallest absolute Gasteiger partial charge is 0.0419 e. The van der Waals surface area contributed by atoms with Gasteiger partial charge in [0.1, 0.15) is 0 Å². The van der Waals surface area contributed by atoms with Gasteiger partial charge in [-0.25, -0.2) is 0 Å². The summed E-state index contributed by atoms with van der Waals surface area (Å²) in [6.45, 7) is 7.35. The summed E-state index contributed by atoms with van der Waals surface area (Å²) < 4.78 is 0. The predicted octanol–water partition coefficient (Wildman–Crippen LogP) is 3.62. The topological polar surface area (TPSA) is 24.1 Å². The number of thiophene rings is 1. The normalized spacial score (nSPS) is 13.4. The Morgan fingerprint density at radius 2 is 2.16 bits per heavy atom. The van der Waals surface area contributed by atoms with E-state index in [2.05, 4.69) is 48.7 Å². The maximum Gasteiger partial charge on any atom is 0.0419 e. The van der Waals surface area contributed by atoms with Crippen molar-refractivity contribution in [1.29, 1.82) is 0 Å². The molecule has 0 radical (unpaired) electrons. The van der Waals surface area contributed by atoms with Gasteiger partial charge in [0.2, 0.25) is 0 Å². The van der Waals surface area contributed by atoms with Gasteiger partial charge in [-0.05, 0) is 43.0 Å². The van der Waals surface area contributed by atoms with Crippen molar-refractivity contribution in [3.8, 4) is 0 Å². The number of para-hydroxylation sites is 1. The fourth-order valence-electron chi connectivity index (χ4n) is 2.62. The molecule has 0 amide bonds. The lowest BCUT2D eigenvalue weighted by Crippen LogP contribution is -2.13. The van der Waals surface area contributed by atoms with Gasteiger partial charge in [0.05, 0.1) is 0 Å². The molecule has 0 saturated heterocycles. The Labute approximate surface area is 118 Å². The molecule has 2 aromatic rings. The third kappa shape index (κ3) is 2.67. The lowest BCUT2D eigenvalue weighted by molar-refractivity contribution is 0.702. The molecular formula is C16H20N2S. The summed E-state index contributed by atoms with van der Waals surface area (Å²) in [7, 11) is 0. The van der Waals surface area contributed by atoms with E-state index in [0.717, 1.165) is 26.1 Å². The van der Waals surface area contributed by atoms with Gasteiger partial charge in [0.25, 0.3) is 0 Å². The fourth-order valence-corrected chi connectivity index (χ4v) is 3.64. The highest BCUT2D eigenvalue weighted by molar-refractivity contribution is 7.12. The minimum atomic E-state index is 0.937. The van der Waals surface area contributed by atoms with Crippen molar-refractivity contribution in [3.05, 3.63) is 50.7 Å². The van der Waals surface area contributed by atoms with Crippen LogP contribution in [0.2, 0.25) is 0 Å². The molecule has 19 heavy (non-hydrogen) atoms. The molecule has 2 heterocycles. The Balaban J connectivity index is 1.62. The number of rotatable bonds is 4. The highest BCUT2D eigenvalue weighted by Crippen LogP contribution is 2.26. The molecule has 1 aromatic heterocycles. The number of nitrogens with one attached hydrogen (secondary N) is 2. The second kappa shape index (κ2) is 5.35. The lowest BCUT2D eigenvalue weighted by atomic mass is 10.1. The van der Waals surface area contributed by atoms with Crippen LogP contribution < -0.4 is 10.6 Å². The van der Waals surface area contributed by atoms with Gasteiger partial charge < -0.3 is 10.6 Å². The van der Waals surface area contributed by atoms with Gasteiger partial charge in [-0.2, -0.15) is 0 Å². The minimum Gasteiger partial charge on any atom is -0.384 e. The summed E-state index contributed by atoms with van der Waals surface area (Å²) in [6.07, 6.45) is 1.16. The zero-order valence-corrected chi connectivity index (χ0v) is 12.4. The second-order valence-corrected chi connectivity index (χ2v) is 6.52. The van der Waals surface area contributed by atoms with Crippen molar-refractivity contribution < 1.29 is 0 Å². The molecule has 1 aliphatic rings. The van der Waals surface area contributed by atoms with Gasteiger partial charge in [0, 0.05) is 35.1 Å². The molecule has 2 N–H and O–H groups in total. The molecule has 2 nitrogen and oxygen atoms in total. The quantitative estimate of drug-likeness (QED) is 0.888. The van der Waals surface area contributed by atoms with Crippen LogP contribution in [-0.4, -0.2) is 6.54 Å². The van der Waals surface area contributed by atoms with E-state index in [1.54, 1.807) is 0 Å². The average molecular weight is 272 g/mol. The summed E-state index contributed by atoms with van der Waals surface area (Å²) in [6, 6.07) is 8.91. The molecule has 0 unspecified atom stereocenters. The summed E-state index contributed by atoms with van der Waals surface area (Å²) in [5, 5.41) is 7.05. The van der Waals surface area contributed by atoms with Crippen molar-refractivity contribution >= 4 is 17.0 Å². The molecule has 0 atom stereocenters. The lowest BCUT2D eigenvalue weighted by Gasteiger charge is -2.09. The molecule has 0 spiro atoms. The van der Waals surface area contributed by atoms with E-state index < -0.39 is 0 Å². The first-order chi connectivity index (χ1) is 9.24. The van der Waals surface area contributed by atoms with Crippen LogP contribution >= 0.6 is 11.3 Å². The van der Waals surface area contributed by atoms with E-state index in [9.17, 15) is 0 Å². The van der Waals surface area contributed by atoms with Gasteiger partial charge in [-0.1, -0.05) is 18.2 Å². The molecule has 1 aromatic carbocycles. The average Bonchev–Trinajstić information content (AvgIpc) is 2.98. The summed E-state index contributed by atoms with van der Waals surface area (Å²) in [5.41, 5.74) is 5.61. The summed E-state index contributed by atoms with van der Waals surface area (Å²) >= 11 is 1.90.